The van der Waals surface area contributed by atoms with Gasteiger partial charge in [-0.15, -0.1) is 24.8 Å². The minimum Gasteiger partial charge on any atom is -0.352 e. The molecular weight excluding hydrogens is 327 g/mol. The number of carbonyl (C=O) groups excluding carboxylic acids is 2. The van der Waals surface area contributed by atoms with Gasteiger partial charge in [-0.1, -0.05) is 0 Å². The number of nitrogens with zero attached hydrogens (tertiary/aromatic N) is 2. The van der Waals surface area contributed by atoms with Gasteiger partial charge in [0.05, 0.1) is 11.6 Å². The number of rotatable bonds is 4. The van der Waals surface area contributed by atoms with Gasteiger partial charge in [0.2, 0.25) is 11.8 Å². The molecule has 1 heterocycles. The molecule has 0 radical (unpaired) electrons. The van der Waals surface area contributed by atoms with E-state index in [9.17, 15) is 9.59 Å². The van der Waals surface area contributed by atoms with Crippen LogP contribution in [0.1, 0.15) is 33.6 Å². The lowest BCUT2D eigenvalue weighted by molar-refractivity contribution is -0.138. The second-order valence-corrected chi connectivity index (χ2v) is 6.51. The topological polar surface area (TPSA) is 78.7 Å². The summed E-state index contributed by atoms with van der Waals surface area (Å²) in [5, 5.41) is 3.03. The van der Waals surface area contributed by atoms with Crippen LogP contribution in [-0.4, -0.2) is 65.4 Å². The first-order valence-corrected chi connectivity index (χ1v) is 7.41. The van der Waals surface area contributed by atoms with Crippen LogP contribution in [0.25, 0.3) is 0 Å². The fourth-order valence-electron chi connectivity index (χ4n) is 2.44. The van der Waals surface area contributed by atoms with Crippen LogP contribution in [0.5, 0.6) is 0 Å². The van der Waals surface area contributed by atoms with Gasteiger partial charge in [-0.05, 0) is 33.6 Å². The number of nitrogens with one attached hydrogen (secondary N) is 1. The number of nitrogens with two attached hydrogens (primary N) is 1. The van der Waals surface area contributed by atoms with Crippen molar-refractivity contribution >= 4 is 36.6 Å². The molecule has 6 nitrogen and oxygen atoms in total. The summed E-state index contributed by atoms with van der Waals surface area (Å²) in [5.74, 6) is 0.0821. The van der Waals surface area contributed by atoms with E-state index >= 15 is 0 Å². The van der Waals surface area contributed by atoms with E-state index in [0.29, 0.717) is 19.1 Å². The molecule has 0 spiro atoms. The molecule has 22 heavy (non-hydrogen) atoms. The summed E-state index contributed by atoms with van der Waals surface area (Å²) >= 11 is 0. The van der Waals surface area contributed by atoms with Gasteiger partial charge in [-0.2, -0.15) is 0 Å². The lowest BCUT2D eigenvalue weighted by Gasteiger charge is -2.39. The van der Waals surface area contributed by atoms with Gasteiger partial charge in [0, 0.05) is 32.2 Å². The molecule has 2 rings (SSSR count). The number of carbonyl (C=O) groups is 2. The Balaban J connectivity index is 0.00000220. The molecule has 1 aliphatic heterocycles. The van der Waals surface area contributed by atoms with Crippen LogP contribution in [-0.2, 0) is 9.59 Å². The maximum Gasteiger partial charge on any atom is 0.242 e. The van der Waals surface area contributed by atoms with Gasteiger partial charge in [-0.3, -0.25) is 14.5 Å². The molecule has 2 aliphatic rings. The van der Waals surface area contributed by atoms with Gasteiger partial charge in [-0.25, -0.2) is 0 Å². The van der Waals surface area contributed by atoms with E-state index in [2.05, 4.69) is 10.2 Å². The minimum atomic E-state index is -0.822. The highest BCUT2D eigenvalue weighted by molar-refractivity contribution is 5.86. The molecular formula is C14H28Cl2N4O2. The molecule has 0 aromatic rings. The van der Waals surface area contributed by atoms with Gasteiger partial charge < -0.3 is 16.0 Å². The minimum absolute atomic E-state index is 0. The van der Waals surface area contributed by atoms with Crippen molar-refractivity contribution in [2.45, 2.75) is 51.2 Å². The second kappa shape index (κ2) is 8.34. The second-order valence-electron chi connectivity index (χ2n) is 6.51. The first kappa shape index (κ1) is 21.4. The molecule has 130 valence electrons. The quantitative estimate of drug-likeness (QED) is 0.764. The molecule has 1 saturated heterocycles. The van der Waals surface area contributed by atoms with Crippen LogP contribution in [0.4, 0.5) is 0 Å². The number of amides is 2. The highest BCUT2D eigenvalue weighted by atomic mass is 35.5. The van der Waals surface area contributed by atoms with Crippen molar-refractivity contribution in [1.29, 1.82) is 0 Å². The van der Waals surface area contributed by atoms with Crippen molar-refractivity contribution in [1.82, 2.24) is 15.1 Å². The van der Waals surface area contributed by atoms with Crippen molar-refractivity contribution in [2.24, 2.45) is 5.73 Å². The number of halogens is 2. The Morgan fingerprint density at radius 3 is 2.05 bits per heavy atom. The van der Waals surface area contributed by atoms with Crippen molar-refractivity contribution in [3.05, 3.63) is 0 Å². The van der Waals surface area contributed by atoms with E-state index in [4.69, 9.17) is 5.73 Å². The van der Waals surface area contributed by atoms with Gasteiger partial charge >= 0.3 is 0 Å². The van der Waals surface area contributed by atoms with Crippen molar-refractivity contribution in [3.63, 3.8) is 0 Å². The highest BCUT2D eigenvalue weighted by Gasteiger charge is 2.33. The lowest BCUT2D eigenvalue weighted by Crippen LogP contribution is -2.59. The molecule has 0 aromatic carbocycles. The standard InChI is InChI=1S/C14H26N4O2.2ClH/c1-10(12(19)16-11-4-5-11)17-6-8-18(9-7-17)13(20)14(2,3)15;;/h10-11H,4-9,15H2,1-3H3,(H,16,19);2*1H. The fourth-order valence-corrected chi connectivity index (χ4v) is 2.44. The van der Waals surface area contributed by atoms with Crippen LogP contribution >= 0.6 is 24.8 Å². The van der Waals surface area contributed by atoms with E-state index in [1.165, 1.54) is 0 Å². The molecule has 8 heteroatoms. The van der Waals surface area contributed by atoms with Crippen LogP contribution in [0, 0.1) is 0 Å². The summed E-state index contributed by atoms with van der Waals surface area (Å²) < 4.78 is 0. The monoisotopic (exact) mass is 354 g/mol. The SMILES string of the molecule is CC(C(=O)NC1CC1)N1CCN(C(=O)C(C)(C)N)CC1.Cl.Cl. The van der Waals surface area contributed by atoms with E-state index in [-0.39, 0.29) is 42.7 Å². The Labute approximate surface area is 145 Å². The third kappa shape index (κ3) is 5.57. The molecule has 1 aliphatic carbocycles. The van der Waals surface area contributed by atoms with Gasteiger partial charge in [0.25, 0.3) is 0 Å². The largest absolute Gasteiger partial charge is 0.352 e. The maximum atomic E-state index is 12.1. The van der Waals surface area contributed by atoms with Gasteiger partial charge in [0.15, 0.2) is 0 Å². The van der Waals surface area contributed by atoms with Crippen LogP contribution < -0.4 is 11.1 Å². The number of piperazine rings is 1. The Hall–Kier alpha value is -0.560. The predicted molar refractivity (Wildman–Crippen MR) is 91.5 cm³/mol. The third-order valence-corrected chi connectivity index (χ3v) is 4.00. The molecule has 1 saturated carbocycles. The molecule has 1 unspecified atom stereocenters. The Morgan fingerprint density at radius 1 is 1.14 bits per heavy atom. The van der Waals surface area contributed by atoms with E-state index < -0.39 is 5.54 Å². The Bertz CT molecular complexity index is 389. The first-order valence-electron chi connectivity index (χ1n) is 7.41. The van der Waals surface area contributed by atoms with E-state index in [0.717, 1.165) is 25.9 Å². The highest BCUT2D eigenvalue weighted by Crippen LogP contribution is 2.19. The maximum absolute atomic E-state index is 12.1. The molecule has 0 aromatic heterocycles. The summed E-state index contributed by atoms with van der Waals surface area (Å²) in [6, 6.07) is 0.268. The molecule has 0 bridgehead atoms. The normalized spacial score (nSPS) is 20.5. The Morgan fingerprint density at radius 2 is 1.64 bits per heavy atom. The number of hydrogen-bond donors (Lipinski definition) is 2. The van der Waals surface area contributed by atoms with E-state index in [1.807, 2.05) is 6.92 Å². The molecule has 1 atom stereocenters. The average molecular weight is 355 g/mol. The average Bonchev–Trinajstić information content (AvgIpc) is 3.20. The summed E-state index contributed by atoms with van der Waals surface area (Å²) in [7, 11) is 0. The molecule has 2 fully saturated rings. The van der Waals surface area contributed by atoms with Crippen LogP contribution in [0.3, 0.4) is 0 Å². The van der Waals surface area contributed by atoms with E-state index in [1.54, 1.807) is 18.7 Å². The molecule has 2 amide bonds. The van der Waals surface area contributed by atoms with Crippen molar-refractivity contribution in [2.75, 3.05) is 26.2 Å². The van der Waals surface area contributed by atoms with Crippen LogP contribution in [0.2, 0.25) is 0 Å². The zero-order valence-electron chi connectivity index (χ0n) is 13.5. The zero-order chi connectivity index (χ0) is 14.9. The van der Waals surface area contributed by atoms with Crippen molar-refractivity contribution < 1.29 is 9.59 Å². The summed E-state index contributed by atoms with van der Waals surface area (Å²) in [5.41, 5.74) is 5.02. The lowest BCUT2D eigenvalue weighted by atomic mass is 10.0. The number of hydrogen-bond acceptors (Lipinski definition) is 4. The summed E-state index contributed by atoms with van der Waals surface area (Å²) in [4.78, 5) is 28.0. The summed E-state index contributed by atoms with van der Waals surface area (Å²) in [6.45, 7) is 8.12. The molecule has 3 N–H and O–H groups in total. The smallest absolute Gasteiger partial charge is 0.242 e. The first-order chi connectivity index (χ1) is 9.29. The van der Waals surface area contributed by atoms with Crippen molar-refractivity contribution in [3.8, 4) is 0 Å². The predicted octanol–water partition coefficient (Wildman–Crippen LogP) is 0.379. The van der Waals surface area contributed by atoms with Crippen LogP contribution in [0.15, 0.2) is 0 Å². The fraction of sp³-hybridized carbons (Fsp3) is 0.857. The zero-order valence-corrected chi connectivity index (χ0v) is 15.1. The third-order valence-electron chi connectivity index (χ3n) is 4.00. The van der Waals surface area contributed by atoms with Gasteiger partial charge in [0.1, 0.15) is 0 Å². The Kier molecular flexibility index (Phi) is 8.12. The summed E-state index contributed by atoms with van der Waals surface area (Å²) in [6.07, 6.45) is 2.21.